The van der Waals surface area contributed by atoms with E-state index in [-0.39, 0.29) is 47.9 Å². The van der Waals surface area contributed by atoms with E-state index in [1.165, 1.54) is 30.6 Å². The monoisotopic (exact) mass is 811 g/mol. The number of benzene rings is 1. The van der Waals surface area contributed by atoms with E-state index >= 15 is 4.79 Å². The van der Waals surface area contributed by atoms with Gasteiger partial charge in [0.05, 0.1) is 22.9 Å². The van der Waals surface area contributed by atoms with Gasteiger partial charge in [-0.3, -0.25) is 15.1 Å². The predicted octanol–water partition coefficient (Wildman–Crippen LogP) is 7.90. The molecule has 4 aliphatic rings. The number of nitrogens with one attached hydrogen (secondary N) is 3. The van der Waals surface area contributed by atoms with Gasteiger partial charge >= 0.3 is 18.8 Å². The number of alkyl halides is 7. The molecule has 12 nitrogen and oxygen atoms in total. The highest BCUT2D eigenvalue weighted by Gasteiger charge is 2.65. The van der Waals surface area contributed by atoms with E-state index < -0.39 is 78.0 Å². The molecule has 2 amide bonds. The molecule has 1 aromatic carbocycles. The zero-order valence-corrected chi connectivity index (χ0v) is 30.7. The highest BCUT2D eigenvalue weighted by Crippen LogP contribution is 2.53. The van der Waals surface area contributed by atoms with E-state index in [0.717, 1.165) is 28.8 Å². The first kappa shape index (κ1) is 39.3. The maximum Gasteiger partial charge on any atom is 0.411 e. The summed E-state index contributed by atoms with van der Waals surface area (Å²) in [5.74, 6) is -2.08. The average Bonchev–Trinajstić information content (AvgIpc) is 4.01. The summed E-state index contributed by atoms with van der Waals surface area (Å²) in [6.07, 6.45) is 1.06. The van der Waals surface area contributed by atoms with Gasteiger partial charge in [0, 0.05) is 17.7 Å². The van der Waals surface area contributed by atoms with Crippen molar-refractivity contribution in [2.24, 2.45) is 17.3 Å². The molecule has 20 heteroatoms. The summed E-state index contributed by atoms with van der Waals surface area (Å²) in [5.41, 5.74) is -3.29. The molecule has 3 N–H and O–H groups in total. The predicted molar refractivity (Wildman–Crippen MR) is 187 cm³/mol. The maximum atomic E-state index is 15.2. The third kappa shape index (κ3) is 7.25. The molecule has 56 heavy (non-hydrogen) atoms. The van der Waals surface area contributed by atoms with Gasteiger partial charge in [-0.15, -0.1) is 0 Å². The summed E-state index contributed by atoms with van der Waals surface area (Å²) in [5, 5.41) is 21.8. The van der Waals surface area contributed by atoms with Crippen molar-refractivity contribution in [3.8, 4) is 5.69 Å². The van der Waals surface area contributed by atoms with Crippen molar-refractivity contribution >= 4 is 35.1 Å². The van der Waals surface area contributed by atoms with Crippen molar-refractivity contribution in [3.63, 3.8) is 0 Å². The van der Waals surface area contributed by atoms with Crippen molar-refractivity contribution in [3.05, 3.63) is 77.1 Å². The van der Waals surface area contributed by atoms with Crippen LogP contribution in [-0.4, -0.2) is 71.3 Å². The Morgan fingerprint density at radius 3 is 2.48 bits per heavy atom. The Labute approximate surface area is 320 Å². The lowest BCUT2D eigenvalue weighted by molar-refractivity contribution is -0.164. The molecule has 1 saturated heterocycles. The molecule has 3 aromatic rings. The summed E-state index contributed by atoms with van der Waals surface area (Å²) < 4.78 is 102. The van der Waals surface area contributed by atoms with Gasteiger partial charge in [0.25, 0.3) is 12.3 Å². The number of halogens is 8. The van der Waals surface area contributed by atoms with Gasteiger partial charge in [-0.2, -0.15) is 32.1 Å². The van der Waals surface area contributed by atoms with Crippen molar-refractivity contribution in [1.82, 2.24) is 40.1 Å². The molecular formula is C36H37ClF7N9O3. The third-order valence-corrected chi connectivity index (χ3v) is 11.5. The fourth-order valence-electron chi connectivity index (χ4n) is 7.76. The number of aromatic nitrogens is 5. The van der Waals surface area contributed by atoms with Crippen LogP contribution < -0.4 is 10.6 Å². The smallest absolute Gasteiger partial charge is 0.411 e. The maximum absolute atomic E-state index is 15.2. The van der Waals surface area contributed by atoms with Crippen LogP contribution >= 0.6 is 11.6 Å². The largest absolute Gasteiger partial charge is 0.447 e. The molecule has 3 fully saturated rings. The number of rotatable bonds is 13. The number of ether oxygens (including phenoxy) is 1. The minimum absolute atomic E-state index is 0.0464. The molecule has 2 aromatic heterocycles. The van der Waals surface area contributed by atoms with E-state index in [2.05, 4.69) is 20.5 Å². The summed E-state index contributed by atoms with van der Waals surface area (Å²) in [6, 6.07) is 2.66. The zero-order valence-electron chi connectivity index (χ0n) is 30.0. The molecule has 0 bridgehead atoms. The van der Waals surface area contributed by atoms with Gasteiger partial charge in [-0.1, -0.05) is 49.7 Å². The van der Waals surface area contributed by atoms with Crippen molar-refractivity contribution < 1.29 is 45.1 Å². The molecule has 1 aliphatic heterocycles. The summed E-state index contributed by atoms with van der Waals surface area (Å²) >= 11 is 6.44. The molecule has 7 rings (SSSR count). The van der Waals surface area contributed by atoms with Gasteiger partial charge in [-0.25, -0.2) is 27.9 Å². The number of amides is 2. The van der Waals surface area contributed by atoms with E-state index in [1.54, 1.807) is 18.2 Å². The second-order valence-corrected chi connectivity index (χ2v) is 15.7. The van der Waals surface area contributed by atoms with E-state index in [9.17, 15) is 40.9 Å². The van der Waals surface area contributed by atoms with Gasteiger partial charge in [0.1, 0.15) is 24.0 Å². The fourth-order valence-corrected chi connectivity index (χ4v) is 7.95. The minimum atomic E-state index is -4.74. The molecule has 3 aliphatic carbocycles. The topological polar surface area (TPSA) is 143 Å². The Morgan fingerprint density at radius 2 is 1.89 bits per heavy atom. The lowest BCUT2D eigenvalue weighted by atomic mass is 9.67. The van der Waals surface area contributed by atoms with Crippen LogP contribution in [0.2, 0.25) is 5.02 Å². The number of hydrogen-bond acceptors (Lipinski definition) is 7. The molecule has 1 unspecified atom stereocenters. The first-order valence-corrected chi connectivity index (χ1v) is 18.1. The normalized spacial score (nSPS) is 22.8. The number of allylic oxidation sites excluding steroid dienone is 3. The van der Waals surface area contributed by atoms with Crippen LogP contribution in [-0.2, 0) is 9.53 Å². The first-order valence-electron chi connectivity index (χ1n) is 17.8. The van der Waals surface area contributed by atoms with Crippen molar-refractivity contribution in [2.75, 3.05) is 6.61 Å². The minimum Gasteiger partial charge on any atom is -0.447 e. The molecule has 3 heterocycles. The second kappa shape index (κ2) is 14.2. The lowest BCUT2D eigenvalue weighted by Crippen LogP contribution is -2.55. The molecular weight excluding hydrogens is 775 g/mol. The Hall–Kier alpha value is -4.94. The van der Waals surface area contributed by atoms with Crippen LogP contribution in [0.3, 0.4) is 0 Å². The molecule has 0 spiro atoms. The number of guanidine groups is 1. The van der Waals surface area contributed by atoms with Gasteiger partial charge < -0.3 is 15.4 Å². The van der Waals surface area contributed by atoms with Crippen LogP contribution in [0.5, 0.6) is 0 Å². The molecule has 3 atom stereocenters. The number of hydrogen-bond donors (Lipinski definition) is 3. The van der Waals surface area contributed by atoms with E-state index in [1.807, 2.05) is 19.2 Å². The summed E-state index contributed by atoms with van der Waals surface area (Å²) in [6.45, 7) is 0.445. The van der Waals surface area contributed by atoms with Crippen molar-refractivity contribution in [1.29, 1.82) is 5.41 Å². The van der Waals surface area contributed by atoms with Crippen molar-refractivity contribution in [2.45, 2.75) is 88.6 Å². The molecule has 300 valence electrons. The molecule has 0 radical (unpaired) electrons. The Bertz CT molecular complexity index is 2090. The quantitative estimate of drug-likeness (QED) is 0.149. The number of nitrogens with zero attached hydrogens (tertiary/aromatic N) is 6. The van der Waals surface area contributed by atoms with Crippen LogP contribution in [0, 0.1) is 22.7 Å². The number of carbonyl (C=O) groups is 2. The van der Waals surface area contributed by atoms with E-state index in [4.69, 9.17) is 16.3 Å². The van der Waals surface area contributed by atoms with Crippen LogP contribution in [0.1, 0.15) is 88.3 Å². The second-order valence-electron chi connectivity index (χ2n) is 15.3. The summed E-state index contributed by atoms with van der Waals surface area (Å²) in [4.78, 5) is 32.7. The van der Waals surface area contributed by atoms with Gasteiger partial charge in [0.15, 0.2) is 11.8 Å². The Morgan fingerprint density at radius 1 is 1.16 bits per heavy atom. The first-order chi connectivity index (χ1) is 26.4. The Balaban J connectivity index is 1.25. The average molecular weight is 812 g/mol. The van der Waals surface area contributed by atoms with Crippen LogP contribution in [0.4, 0.5) is 35.5 Å². The Kier molecular flexibility index (Phi) is 9.98. The zero-order chi connectivity index (χ0) is 40.4. The number of carbonyl (C=O) groups excluding carboxylic acids is 2. The van der Waals surface area contributed by atoms with Gasteiger partial charge in [0.2, 0.25) is 0 Å². The fraction of sp³-hybridized carbons (Fsp3) is 0.500. The lowest BCUT2D eigenvalue weighted by Gasteiger charge is -2.41. The van der Waals surface area contributed by atoms with Crippen LogP contribution in [0.15, 0.2) is 55.1 Å². The summed E-state index contributed by atoms with van der Waals surface area (Å²) in [7, 11) is 0. The number of alkyl carbamates (subject to hydrolysis) is 1. The molecule has 2 saturated carbocycles. The van der Waals surface area contributed by atoms with Crippen LogP contribution in [0.25, 0.3) is 11.3 Å². The SMILES string of the molecule is CC(C)(C[C@]1(C2C=CC(c3cnn(C(F)F)c3)=CC2)NC(=N)N([C@H](COC(=O)NC2(C(F)(F)F)CC2)c2ccc(Cl)c(-n3ncnc3C(F)F)c2)C1=O)C1CC1. The highest BCUT2D eigenvalue weighted by molar-refractivity contribution is 6.32. The third-order valence-electron chi connectivity index (χ3n) is 11.1. The van der Waals surface area contributed by atoms with E-state index in [0.29, 0.717) is 15.8 Å². The standard InChI is InChI=1S/C36H37ClF7N9O3/c1-33(2,22-8-9-22)17-35(23-6-3-19(4-7-23)21-14-47-51(15-21)30(40)41)29(54)52(31(45)49-35)26(16-56-32(55)50-34(11-12-34)36(42,43)44)20-5-10-24(37)25(13-20)53-28(27(38)39)46-18-48-53/h3-6,10,13-15,18,22-23,26-27,30H,7-9,11-12,16-17H2,1-2H3,(H2,45,49)(H,50,55)/t23?,26-,35-/m1/s1. The highest BCUT2D eigenvalue weighted by atomic mass is 35.5. The van der Waals surface area contributed by atoms with Gasteiger partial charge in [-0.05, 0) is 73.1 Å².